The molecule has 2 nitrogen and oxygen atoms in total. The van der Waals surface area contributed by atoms with Crippen LogP contribution in [0.15, 0.2) is 48.5 Å². The molecule has 1 fully saturated rings. The molecule has 1 aliphatic heterocycles. The van der Waals surface area contributed by atoms with Crippen LogP contribution >= 0.6 is 0 Å². The summed E-state index contributed by atoms with van der Waals surface area (Å²) in [7, 11) is 2.20. The lowest BCUT2D eigenvalue weighted by Crippen LogP contribution is -2.30. The van der Waals surface area contributed by atoms with Crippen LogP contribution in [0.2, 0.25) is 0 Å². The molecule has 0 aliphatic carbocycles. The quantitative estimate of drug-likeness (QED) is 0.817. The molecule has 2 aromatic rings. The van der Waals surface area contributed by atoms with Gasteiger partial charge in [-0.1, -0.05) is 36.4 Å². The van der Waals surface area contributed by atoms with E-state index < -0.39 is 0 Å². The Balaban J connectivity index is 1.47. The van der Waals surface area contributed by atoms with Crippen molar-refractivity contribution in [2.45, 2.75) is 19.3 Å². The van der Waals surface area contributed by atoms with E-state index in [-0.39, 0.29) is 0 Å². The summed E-state index contributed by atoms with van der Waals surface area (Å²) >= 11 is 0. The number of ether oxygens (including phenoxy) is 1. The molecular formula is C20H24NO. The molecule has 1 saturated heterocycles. The Morgan fingerprint density at radius 2 is 1.82 bits per heavy atom. The van der Waals surface area contributed by atoms with E-state index in [1.54, 1.807) is 0 Å². The minimum Gasteiger partial charge on any atom is -0.493 e. The first-order valence-corrected chi connectivity index (χ1v) is 8.20. The molecule has 3 rings (SSSR count). The summed E-state index contributed by atoms with van der Waals surface area (Å²) in [5.41, 5.74) is 2.40. The van der Waals surface area contributed by atoms with Crippen LogP contribution in [0.5, 0.6) is 5.75 Å². The van der Waals surface area contributed by atoms with Crippen LogP contribution in [0, 0.1) is 12.0 Å². The fourth-order valence-corrected chi connectivity index (χ4v) is 3.00. The Bertz CT molecular complexity index is 556. The maximum absolute atomic E-state index is 5.86. The highest BCUT2D eigenvalue weighted by Gasteiger charge is 2.16. The molecule has 2 aromatic carbocycles. The highest BCUT2D eigenvalue weighted by Crippen LogP contribution is 2.23. The van der Waals surface area contributed by atoms with E-state index in [1.165, 1.54) is 37.1 Å². The van der Waals surface area contributed by atoms with E-state index in [0.717, 1.165) is 24.7 Å². The van der Waals surface area contributed by atoms with Gasteiger partial charge in [-0.25, -0.2) is 0 Å². The third kappa shape index (κ3) is 4.11. The van der Waals surface area contributed by atoms with Crippen molar-refractivity contribution >= 4 is 0 Å². The van der Waals surface area contributed by atoms with Gasteiger partial charge in [0.15, 0.2) is 0 Å². The zero-order valence-corrected chi connectivity index (χ0v) is 13.3. The number of benzene rings is 2. The third-order valence-corrected chi connectivity index (χ3v) is 4.51. The smallest absolute Gasteiger partial charge is 0.127 e. The number of hydrogen-bond acceptors (Lipinski definition) is 2. The van der Waals surface area contributed by atoms with Crippen molar-refractivity contribution < 1.29 is 4.74 Å². The van der Waals surface area contributed by atoms with Gasteiger partial charge in [0.1, 0.15) is 5.75 Å². The second kappa shape index (κ2) is 7.46. The van der Waals surface area contributed by atoms with Gasteiger partial charge in [0.05, 0.1) is 6.61 Å². The van der Waals surface area contributed by atoms with E-state index in [4.69, 9.17) is 4.74 Å². The summed E-state index contributed by atoms with van der Waals surface area (Å²) in [6, 6.07) is 19.8. The summed E-state index contributed by atoms with van der Waals surface area (Å²) in [6.07, 6.45) is 3.76. The average Bonchev–Trinajstić information content (AvgIpc) is 2.58. The van der Waals surface area contributed by atoms with Crippen molar-refractivity contribution in [2.75, 3.05) is 26.7 Å². The first kappa shape index (κ1) is 15.1. The molecule has 0 bridgehead atoms. The second-order valence-electron chi connectivity index (χ2n) is 6.19. The Kier molecular flexibility index (Phi) is 5.12. The predicted octanol–water partition coefficient (Wildman–Crippen LogP) is 4.26. The largest absolute Gasteiger partial charge is 0.493 e. The Morgan fingerprint density at radius 1 is 1.05 bits per heavy atom. The van der Waals surface area contributed by atoms with Crippen LogP contribution < -0.4 is 4.74 Å². The molecule has 0 N–H and O–H groups in total. The summed E-state index contributed by atoms with van der Waals surface area (Å²) in [5, 5.41) is 0. The minimum absolute atomic E-state index is 0.801. The summed E-state index contributed by atoms with van der Waals surface area (Å²) in [4.78, 5) is 2.41. The van der Waals surface area contributed by atoms with E-state index in [9.17, 15) is 0 Å². The van der Waals surface area contributed by atoms with E-state index in [2.05, 4.69) is 48.3 Å². The second-order valence-corrected chi connectivity index (χ2v) is 6.19. The minimum atomic E-state index is 0.801. The van der Waals surface area contributed by atoms with Gasteiger partial charge in [0, 0.05) is 6.07 Å². The first-order valence-electron chi connectivity index (χ1n) is 8.20. The van der Waals surface area contributed by atoms with Crippen LogP contribution in [-0.2, 0) is 0 Å². The first-order chi connectivity index (χ1) is 10.8. The Labute approximate surface area is 133 Å². The van der Waals surface area contributed by atoms with Gasteiger partial charge in [-0.2, -0.15) is 0 Å². The molecule has 115 valence electrons. The maximum Gasteiger partial charge on any atom is 0.127 e. The maximum atomic E-state index is 5.86. The zero-order chi connectivity index (χ0) is 15.2. The summed E-state index contributed by atoms with van der Waals surface area (Å²) < 4.78 is 5.86. The van der Waals surface area contributed by atoms with Crippen LogP contribution in [-0.4, -0.2) is 31.6 Å². The van der Waals surface area contributed by atoms with Gasteiger partial charge in [0.25, 0.3) is 0 Å². The standard InChI is InChI=1S/C20H24NO/c1-21-14-11-17(12-15-21)13-16-22-20-9-7-19(8-10-20)18-5-3-2-4-6-18/h2-9,17H,11-16H2,1H3. The number of nitrogens with zero attached hydrogens (tertiary/aromatic N) is 1. The lowest BCUT2D eigenvalue weighted by atomic mass is 9.94. The molecule has 1 heterocycles. The molecule has 0 spiro atoms. The SMILES string of the molecule is CN1CCC(CCOc2[c]cc(-c3ccccc3)cc2)CC1. The lowest BCUT2D eigenvalue weighted by Gasteiger charge is -2.28. The fourth-order valence-electron chi connectivity index (χ4n) is 3.00. The lowest BCUT2D eigenvalue weighted by molar-refractivity contribution is 0.187. The van der Waals surface area contributed by atoms with Gasteiger partial charge in [-0.3, -0.25) is 0 Å². The normalized spacial score (nSPS) is 16.6. The topological polar surface area (TPSA) is 12.5 Å². The highest BCUT2D eigenvalue weighted by molar-refractivity contribution is 5.63. The number of rotatable bonds is 5. The van der Waals surface area contributed by atoms with Crippen molar-refractivity contribution in [1.82, 2.24) is 4.90 Å². The molecule has 1 radical (unpaired) electrons. The van der Waals surface area contributed by atoms with Gasteiger partial charge in [-0.15, -0.1) is 0 Å². The van der Waals surface area contributed by atoms with Gasteiger partial charge >= 0.3 is 0 Å². The highest BCUT2D eigenvalue weighted by atomic mass is 16.5. The van der Waals surface area contributed by atoms with Crippen molar-refractivity contribution in [1.29, 1.82) is 0 Å². The summed E-state index contributed by atoms with van der Waals surface area (Å²) in [6.45, 7) is 3.25. The third-order valence-electron chi connectivity index (χ3n) is 4.51. The Morgan fingerprint density at radius 3 is 2.50 bits per heavy atom. The van der Waals surface area contributed by atoms with Crippen LogP contribution in [0.1, 0.15) is 19.3 Å². The monoisotopic (exact) mass is 294 g/mol. The van der Waals surface area contributed by atoms with Gasteiger partial charge in [0.2, 0.25) is 0 Å². The molecular weight excluding hydrogens is 270 g/mol. The molecule has 0 amide bonds. The van der Waals surface area contributed by atoms with Crippen LogP contribution in [0.25, 0.3) is 11.1 Å². The molecule has 2 heteroatoms. The summed E-state index contributed by atoms with van der Waals surface area (Å²) in [5.74, 6) is 1.67. The van der Waals surface area contributed by atoms with E-state index in [1.807, 2.05) is 18.2 Å². The molecule has 1 aliphatic rings. The van der Waals surface area contributed by atoms with Crippen molar-refractivity contribution in [3.8, 4) is 16.9 Å². The number of piperidine rings is 1. The predicted molar refractivity (Wildman–Crippen MR) is 91.0 cm³/mol. The molecule has 0 aromatic heterocycles. The van der Waals surface area contributed by atoms with Crippen LogP contribution in [0.4, 0.5) is 0 Å². The van der Waals surface area contributed by atoms with Crippen molar-refractivity contribution in [2.24, 2.45) is 5.92 Å². The molecule has 0 atom stereocenters. The number of hydrogen-bond donors (Lipinski definition) is 0. The van der Waals surface area contributed by atoms with E-state index >= 15 is 0 Å². The van der Waals surface area contributed by atoms with Crippen LogP contribution in [0.3, 0.4) is 0 Å². The van der Waals surface area contributed by atoms with Crippen molar-refractivity contribution in [3.63, 3.8) is 0 Å². The molecule has 0 unspecified atom stereocenters. The molecule has 22 heavy (non-hydrogen) atoms. The Hall–Kier alpha value is -1.80. The zero-order valence-electron chi connectivity index (χ0n) is 13.3. The van der Waals surface area contributed by atoms with Gasteiger partial charge in [-0.05, 0) is 68.6 Å². The van der Waals surface area contributed by atoms with Gasteiger partial charge < -0.3 is 9.64 Å². The average molecular weight is 294 g/mol. The van der Waals surface area contributed by atoms with Crippen molar-refractivity contribution in [3.05, 3.63) is 54.6 Å². The number of likely N-dealkylation sites (tertiary alicyclic amines) is 1. The fraction of sp³-hybridized carbons (Fsp3) is 0.400. The van der Waals surface area contributed by atoms with E-state index in [0.29, 0.717) is 0 Å². The molecule has 0 saturated carbocycles.